The van der Waals surface area contributed by atoms with E-state index in [9.17, 15) is 9.59 Å². The van der Waals surface area contributed by atoms with Gasteiger partial charge in [0.1, 0.15) is 12.2 Å². The highest BCUT2D eigenvalue weighted by Crippen LogP contribution is 2.19. The molecule has 0 spiro atoms. The Balaban J connectivity index is 2.34. The van der Waals surface area contributed by atoms with Crippen LogP contribution in [0.5, 0.6) is 0 Å². The van der Waals surface area contributed by atoms with Crippen LogP contribution in [0.25, 0.3) is 0 Å². The SMILES string of the molecule is CCCCCCCCC(CC)OC(=O)CCCCCCCN(CCCCCCCC(=O)OC(CCCCCCCC)CCCCCCCC)CCCNc1nnc(N)[nH]1. The molecule has 0 saturated carbocycles. The van der Waals surface area contributed by atoms with E-state index in [0.717, 1.165) is 103 Å². The fourth-order valence-electron chi connectivity index (χ4n) is 8.02. The third kappa shape index (κ3) is 35.0. The molecule has 0 saturated heterocycles. The zero-order chi connectivity index (χ0) is 42.9. The van der Waals surface area contributed by atoms with Gasteiger partial charge in [-0.15, -0.1) is 10.2 Å². The minimum absolute atomic E-state index is 0.0122. The van der Waals surface area contributed by atoms with Gasteiger partial charge < -0.3 is 25.4 Å². The van der Waals surface area contributed by atoms with E-state index in [1.54, 1.807) is 0 Å². The number of aromatic nitrogens is 3. The molecule has 346 valence electrons. The third-order valence-corrected chi connectivity index (χ3v) is 11.8. The molecular weight excluding hydrogens is 737 g/mol. The quantitative estimate of drug-likeness (QED) is 0.0433. The highest BCUT2D eigenvalue weighted by atomic mass is 16.5. The normalized spacial score (nSPS) is 12.1. The average Bonchev–Trinajstić information content (AvgIpc) is 3.65. The van der Waals surface area contributed by atoms with Gasteiger partial charge in [0.05, 0.1) is 0 Å². The highest BCUT2D eigenvalue weighted by molar-refractivity contribution is 5.69. The zero-order valence-corrected chi connectivity index (χ0v) is 39.3. The van der Waals surface area contributed by atoms with Crippen LogP contribution in [0, 0.1) is 0 Å². The van der Waals surface area contributed by atoms with Crippen molar-refractivity contribution in [3.63, 3.8) is 0 Å². The second kappa shape index (κ2) is 41.0. The van der Waals surface area contributed by atoms with Gasteiger partial charge >= 0.3 is 11.9 Å². The summed E-state index contributed by atoms with van der Waals surface area (Å²) in [4.78, 5) is 30.9. The number of hydrogen-bond donors (Lipinski definition) is 3. The lowest BCUT2D eigenvalue weighted by molar-refractivity contribution is -0.150. The number of carbonyl (C=O) groups excluding carboxylic acids is 2. The summed E-state index contributed by atoms with van der Waals surface area (Å²) in [6.07, 6.45) is 40.4. The molecule has 0 radical (unpaired) electrons. The smallest absolute Gasteiger partial charge is 0.306 e. The molecule has 0 aliphatic carbocycles. The summed E-state index contributed by atoms with van der Waals surface area (Å²) in [6, 6.07) is 0. The number of nitrogens with one attached hydrogen (secondary N) is 2. The van der Waals surface area contributed by atoms with Crippen LogP contribution < -0.4 is 11.1 Å². The van der Waals surface area contributed by atoms with Crippen molar-refractivity contribution in [2.45, 2.75) is 265 Å². The topological polar surface area (TPSA) is 135 Å². The van der Waals surface area contributed by atoms with E-state index in [-0.39, 0.29) is 24.1 Å². The minimum atomic E-state index is -0.0122. The molecule has 1 heterocycles. The average molecular weight is 833 g/mol. The molecule has 1 rings (SSSR count). The predicted octanol–water partition coefficient (Wildman–Crippen LogP) is 13.7. The van der Waals surface area contributed by atoms with E-state index in [2.05, 4.69) is 53.1 Å². The number of hydrogen-bond acceptors (Lipinski definition) is 9. The van der Waals surface area contributed by atoms with Gasteiger partial charge in [0.25, 0.3) is 0 Å². The number of rotatable bonds is 45. The van der Waals surface area contributed by atoms with Crippen molar-refractivity contribution < 1.29 is 19.1 Å². The van der Waals surface area contributed by atoms with Gasteiger partial charge in [-0.1, -0.05) is 163 Å². The van der Waals surface area contributed by atoms with Gasteiger partial charge in [-0.2, -0.15) is 0 Å². The van der Waals surface area contributed by atoms with E-state index in [1.807, 2.05) is 0 Å². The first-order valence-corrected chi connectivity index (χ1v) is 25.4. The molecule has 1 atom stereocenters. The largest absolute Gasteiger partial charge is 0.462 e. The van der Waals surface area contributed by atoms with Gasteiger partial charge in [-0.25, -0.2) is 0 Å². The molecule has 0 aliphatic heterocycles. The van der Waals surface area contributed by atoms with Gasteiger partial charge in [0, 0.05) is 19.4 Å². The lowest BCUT2D eigenvalue weighted by atomic mass is 10.0. The first-order valence-electron chi connectivity index (χ1n) is 25.4. The maximum Gasteiger partial charge on any atom is 0.306 e. The Morgan fingerprint density at radius 1 is 0.525 bits per heavy atom. The molecule has 1 aromatic rings. The number of carbonyl (C=O) groups is 2. The molecule has 0 fully saturated rings. The Kier molecular flexibility index (Phi) is 38.0. The summed E-state index contributed by atoms with van der Waals surface area (Å²) < 4.78 is 11.9. The Morgan fingerprint density at radius 2 is 0.915 bits per heavy atom. The minimum Gasteiger partial charge on any atom is -0.462 e. The van der Waals surface area contributed by atoms with Gasteiger partial charge in [-0.3, -0.25) is 14.6 Å². The molecule has 59 heavy (non-hydrogen) atoms. The second-order valence-electron chi connectivity index (χ2n) is 17.5. The van der Waals surface area contributed by atoms with E-state index in [4.69, 9.17) is 15.2 Å². The van der Waals surface area contributed by atoms with Crippen molar-refractivity contribution in [3.05, 3.63) is 0 Å². The third-order valence-electron chi connectivity index (χ3n) is 11.8. The molecular formula is C49H96N6O4. The Morgan fingerprint density at radius 3 is 1.36 bits per heavy atom. The molecule has 0 aromatic carbocycles. The number of H-pyrrole nitrogens is 1. The highest BCUT2D eigenvalue weighted by Gasteiger charge is 2.15. The Hall–Kier alpha value is -2.36. The van der Waals surface area contributed by atoms with Crippen molar-refractivity contribution in [1.29, 1.82) is 0 Å². The molecule has 0 aliphatic rings. The van der Waals surface area contributed by atoms with Crippen molar-refractivity contribution in [2.24, 2.45) is 0 Å². The first-order chi connectivity index (χ1) is 28.9. The number of nitrogen functional groups attached to an aromatic ring is 1. The molecule has 1 aromatic heterocycles. The number of esters is 2. The van der Waals surface area contributed by atoms with E-state index in [0.29, 0.717) is 24.7 Å². The van der Waals surface area contributed by atoms with Gasteiger partial charge in [0.2, 0.25) is 11.9 Å². The van der Waals surface area contributed by atoms with Gasteiger partial charge in [-0.05, 0) is 96.7 Å². The monoisotopic (exact) mass is 833 g/mol. The lowest BCUT2D eigenvalue weighted by Crippen LogP contribution is -2.28. The number of aromatic amines is 1. The lowest BCUT2D eigenvalue weighted by Gasteiger charge is -2.22. The second-order valence-corrected chi connectivity index (χ2v) is 17.5. The number of nitrogens with zero attached hydrogens (tertiary/aromatic N) is 3. The summed E-state index contributed by atoms with van der Waals surface area (Å²) in [5.74, 6) is 0.953. The maximum atomic E-state index is 12.9. The van der Waals surface area contributed by atoms with E-state index in [1.165, 1.54) is 135 Å². The number of unbranched alkanes of at least 4 members (excludes halogenated alkanes) is 23. The van der Waals surface area contributed by atoms with Crippen LogP contribution >= 0.6 is 0 Å². The van der Waals surface area contributed by atoms with Crippen LogP contribution in [-0.2, 0) is 19.1 Å². The molecule has 1 unspecified atom stereocenters. The van der Waals surface area contributed by atoms with Crippen LogP contribution in [0.4, 0.5) is 11.9 Å². The summed E-state index contributed by atoms with van der Waals surface area (Å²) in [6.45, 7) is 12.9. The summed E-state index contributed by atoms with van der Waals surface area (Å²) in [7, 11) is 0. The molecule has 0 amide bonds. The van der Waals surface area contributed by atoms with Crippen molar-refractivity contribution in [1.82, 2.24) is 20.1 Å². The fraction of sp³-hybridized carbons (Fsp3) is 0.918. The van der Waals surface area contributed by atoms with Crippen LogP contribution in [0.3, 0.4) is 0 Å². The maximum absolute atomic E-state index is 12.9. The molecule has 0 bridgehead atoms. The van der Waals surface area contributed by atoms with Crippen molar-refractivity contribution in [3.8, 4) is 0 Å². The number of ether oxygens (including phenoxy) is 2. The van der Waals surface area contributed by atoms with Gasteiger partial charge in [0.15, 0.2) is 0 Å². The standard InChI is InChI=1S/C49H96N6O4/c1-5-9-12-15-20-27-35-44(8-4)58-46(56)38-30-23-18-25-32-41-55(43-34-40-51-49-52-48(50)53-54-49)42-33-26-19-24-31-39-47(57)59-45(36-28-21-16-13-10-6-2)37-29-22-17-14-11-7-3/h44-45H,5-43H2,1-4H3,(H4,50,51,52,53,54). The Bertz CT molecular complexity index is 1060. The fourth-order valence-corrected chi connectivity index (χ4v) is 8.02. The predicted molar refractivity (Wildman–Crippen MR) is 250 cm³/mol. The van der Waals surface area contributed by atoms with Crippen LogP contribution in [0.1, 0.15) is 252 Å². The first kappa shape index (κ1) is 54.7. The summed E-state index contributed by atoms with van der Waals surface area (Å²) in [5, 5.41) is 11.1. The molecule has 4 N–H and O–H groups in total. The molecule has 10 nitrogen and oxygen atoms in total. The number of nitrogens with two attached hydrogens (primary N) is 1. The summed E-state index contributed by atoms with van der Waals surface area (Å²) >= 11 is 0. The number of anilines is 2. The van der Waals surface area contributed by atoms with Crippen LogP contribution in [0.15, 0.2) is 0 Å². The van der Waals surface area contributed by atoms with E-state index < -0.39 is 0 Å². The van der Waals surface area contributed by atoms with Crippen LogP contribution in [-0.4, -0.2) is 70.4 Å². The van der Waals surface area contributed by atoms with E-state index >= 15 is 0 Å². The summed E-state index contributed by atoms with van der Waals surface area (Å²) in [5.41, 5.74) is 5.67. The Labute approximate surface area is 363 Å². The molecule has 10 heteroatoms. The zero-order valence-electron chi connectivity index (χ0n) is 39.3. The van der Waals surface area contributed by atoms with Crippen molar-refractivity contribution in [2.75, 3.05) is 37.2 Å². The van der Waals surface area contributed by atoms with Crippen molar-refractivity contribution >= 4 is 23.8 Å². The van der Waals surface area contributed by atoms with Crippen LogP contribution in [0.2, 0.25) is 0 Å².